The van der Waals surface area contributed by atoms with Gasteiger partial charge >= 0.3 is 0 Å². The highest BCUT2D eigenvalue weighted by molar-refractivity contribution is 9.10. The van der Waals surface area contributed by atoms with Crippen molar-refractivity contribution in [1.82, 2.24) is 0 Å². The third-order valence-electron chi connectivity index (χ3n) is 2.63. The highest BCUT2D eigenvalue weighted by Gasteiger charge is 2.13. The molecule has 2 aromatic carbocycles. The molecule has 0 spiro atoms. The lowest BCUT2D eigenvalue weighted by molar-refractivity contribution is 0.102. The number of hydrogen-bond donors (Lipinski definition) is 2. The summed E-state index contributed by atoms with van der Waals surface area (Å²) in [5.74, 6) is -0.134. The SMILES string of the molecule is COc1ccc(C(=O)Nc2ccc(Br)cc2Cl)c(O)c1. The van der Waals surface area contributed by atoms with Gasteiger partial charge in [0.2, 0.25) is 0 Å². The Hall–Kier alpha value is -1.72. The molecule has 2 N–H and O–H groups in total. The molecular weight excluding hydrogens is 346 g/mol. The molecule has 0 unspecified atom stereocenters. The number of ether oxygens (including phenoxy) is 1. The van der Waals surface area contributed by atoms with Crippen LogP contribution in [0.4, 0.5) is 5.69 Å². The van der Waals surface area contributed by atoms with Crippen LogP contribution in [-0.4, -0.2) is 18.1 Å². The molecule has 0 bridgehead atoms. The molecule has 0 radical (unpaired) electrons. The lowest BCUT2D eigenvalue weighted by Gasteiger charge is -2.09. The van der Waals surface area contributed by atoms with Crippen LogP contribution in [0.25, 0.3) is 0 Å². The lowest BCUT2D eigenvalue weighted by Crippen LogP contribution is -2.12. The molecule has 0 aliphatic rings. The number of amides is 1. The molecule has 0 atom stereocenters. The zero-order chi connectivity index (χ0) is 14.7. The van der Waals surface area contributed by atoms with Crippen LogP contribution in [0.5, 0.6) is 11.5 Å². The molecule has 6 heteroatoms. The monoisotopic (exact) mass is 355 g/mol. The standard InChI is InChI=1S/C14H11BrClNO3/c1-20-9-3-4-10(13(18)7-9)14(19)17-12-5-2-8(15)6-11(12)16/h2-7,18H,1H3,(H,17,19). The first-order valence-electron chi connectivity index (χ1n) is 5.64. The Kier molecular flexibility index (Phi) is 4.52. The van der Waals surface area contributed by atoms with E-state index in [1.165, 1.54) is 19.2 Å². The van der Waals surface area contributed by atoms with E-state index in [0.29, 0.717) is 16.5 Å². The zero-order valence-electron chi connectivity index (χ0n) is 10.5. The number of halogens is 2. The second-order valence-electron chi connectivity index (χ2n) is 3.96. The average molecular weight is 357 g/mol. The van der Waals surface area contributed by atoms with Gasteiger partial charge in [-0.1, -0.05) is 27.5 Å². The van der Waals surface area contributed by atoms with Crippen LogP contribution >= 0.6 is 27.5 Å². The number of phenolic OH excluding ortho intramolecular Hbond substituents is 1. The van der Waals surface area contributed by atoms with Gasteiger partial charge in [0.25, 0.3) is 5.91 Å². The first-order valence-corrected chi connectivity index (χ1v) is 6.82. The number of methoxy groups -OCH3 is 1. The van der Waals surface area contributed by atoms with Crippen LogP contribution in [0.1, 0.15) is 10.4 Å². The molecule has 0 heterocycles. The Labute approximate surface area is 129 Å². The lowest BCUT2D eigenvalue weighted by atomic mass is 10.1. The predicted octanol–water partition coefficient (Wildman–Crippen LogP) is 4.07. The van der Waals surface area contributed by atoms with Crippen molar-refractivity contribution in [3.8, 4) is 11.5 Å². The average Bonchev–Trinajstić information content (AvgIpc) is 2.41. The minimum absolute atomic E-state index is 0.143. The second kappa shape index (κ2) is 6.15. The van der Waals surface area contributed by atoms with Crippen LogP contribution < -0.4 is 10.1 Å². The van der Waals surface area contributed by atoms with E-state index in [1.807, 2.05) is 0 Å². The molecule has 0 aromatic heterocycles. The third kappa shape index (κ3) is 3.23. The number of nitrogens with one attached hydrogen (secondary N) is 1. The van der Waals surface area contributed by atoms with Crippen LogP contribution in [0.3, 0.4) is 0 Å². The fourth-order valence-electron chi connectivity index (χ4n) is 1.61. The first-order chi connectivity index (χ1) is 9.51. The summed E-state index contributed by atoms with van der Waals surface area (Å²) in [4.78, 5) is 12.1. The molecule has 0 aliphatic carbocycles. The van der Waals surface area contributed by atoms with Gasteiger partial charge in [0.15, 0.2) is 0 Å². The van der Waals surface area contributed by atoms with Crippen LogP contribution in [-0.2, 0) is 0 Å². The van der Waals surface area contributed by atoms with E-state index in [0.717, 1.165) is 4.47 Å². The number of phenols is 1. The van der Waals surface area contributed by atoms with Gasteiger partial charge in [0.05, 0.1) is 23.4 Å². The van der Waals surface area contributed by atoms with Gasteiger partial charge in [0, 0.05) is 10.5 Å². The zero-order valence-corrected chi connectivity index (χ0v) is 12.8. The summed E-state index contributed by atoms with van der Waals surface area (Å²) in [5, 5.41) is 12.8. The maximum Gasteiger partial charge on any atom is 0.259 e. The Morgan fingerprint density at radius 2 is 2.05 bits per heavy atom. The minimum atomic E-state index is -0.450. The summed E-state index contributed by atoms with van der Waals surface area (Å²) >= 11 is 9.31. The van der Waals surface area contributed by atoms with E-state index >= 15 is 0 Å². The van der Waals surface area contributed by atoms with Gasteiger partial charge in [0.1, 0.15) is 11.5 Å². The Bertz CT molecular complexity index is 661. The molecule has 20 heavy (non-hydrogen) atoms. The topological polar surface area (TPSA) is 58.6 Å². The molecule has 0 fully saturated rings. The molecule has 104 valence electrons. The van der Waals surface area contributed by atoms with Crippen LogP contribution in [0.2, 0.25) is 5.02 Å². The highest BCUT2D eigenvalue weighted by atomic mass is 79.9. The smallest absolute Gasteiger partial charge is 0.259 e. The summed E-state index contributed by atoms with van der Waals surface area (Å²) in [6.45, 7) is 0. The summed E-state index contributed by atoms with van der Waals surface area (Å²) in [7, 11) is 1.48. The van der Waals surface area contributed by atoms with Crippen molar-refractivity contribution in [2.75, 3.05) is 12.4 Å². The Morgan fingerprint density at radius 1 is 1.30 bits per heavy atom. The van der Waals surface area contributed by atoms with Crippen molar-refractivity contribution >= 4 is 39.1 Å². The Balaban J connectivity index is 2.24. The van der Waals surface area contributed by atoms with E-state index in [4.69, 9.17) is 16.3 Å². The largest absolute Gasteiger partial charge is 0.507 e. The number of aromatic hydroxyl groups is 1. The van der Waals surface area contributed by atoms with E-state index in [2.05, 4.69) is 21.2 Å². The fraction of sp³-hybridized carbons (Fsp3) is 0.0714. The maximum absolute atomic E-state index is 12.1. The van der Waals surface area contributed by atoms with Crippen molar-refractivity contribution < 1.29 is 14.6 Å². The van der Waals surface area contributed by atoms with Gasteiger partial charge < -0.3 is 15.2 Å². The van der Waals surface area contributed by atoms with E-state index < -0.39 is 5.91 Å². The number of carbonyl (C=O) groups is 1. The Morgan fingerprint density at radius 3 is 2.65 bits per heavy atom. The van der Waals surface area contributed by atoms with E-state index in [9.17, 15) is 9.90 Å². The molecule has 2 aromatic rings. The van der Waals surface area contributed by atoms with Crippen molar-refractivity contribution in [1.29, 1.82) is 0 Å². The van der Waals surface area contributed by atoms with Gasteiger partial charge in [-0.15, -0.1) is 0 Å². The van der Waals surface area contributed by atoms with Gasteiger partial charge in [-0.05, 0) is 30.3 Å². The molecule has 0 saturated carbocycles. The number of hydrogen-bond acceptors (Lipinski definition) is 3. The van der Waals surface area contributed by atoms with E-state index in [-0.39, 0.29) is 11.3 Å². The quantitative estimate of drug-likeness (QED) is 0.871. The predicted molar refractivity (Wildman–Crippen MR) is 81.8 cm³/mol. The van der Waals surface area contributed by atoms with Gasteiger partial charge in [-0.2, -0.15) is 0 Å². The highest BCUT2D eigenvalue weighted by Crippen LogP contribution is 2.28. The number of carbonyl (C=O) groups excluding carboxylic acids is 1. The molecule has 2 rings (SSSR count). The van der Waals surface area contributed by atoms with E-state index in [1.54, 1.807) is 24.3 Å². The number of anilines is 1. The second-order valence-corrected chi connectivity index (χ2v) is 5.28. The number of benzene rings is 2. The van der Waals surface area contributed by atoms with Gasteiger partial charge in [-0.25, -0.2) is 0 Å². The van der Waals surface area contributed by atoms with Crippen molar-refractivity contribution in [2.45, 2.75) is 0 Å². The molecular formula is C14H11BrClNO3. The third-order valence-corrected chi connectivity index (χ3v) is 3.43. The molecule has 0 saturated heterocycles. The maximum atomic E-state index is 12.1. The molecule has 0 aliphatic heterocycles. The van der Waals surface area contributed by atoms with Crippen LogP contribution in [0.15, 0.2) is 40.9 Å². The first kappa shape index (κ1) is 14.7. The summed E-state index contributed by atoms with van der Waals surface area (Å²) < 4.78 is 5.78. The van der Waals surface area contributed by atoms with Crippen molar-refractivity contribution in [3.63, 3.8) is 0 Å². The van der Waals surface area contributed by atoms with Gasteiger partial charge in [-0.3, -0.25) is 4.79 Å². The minimum Gasteiger partial charge on any atom is -0.507 e. The molecule has 4 nitrogen and oxygen atoms in total. The van der Waals surface area contributed by atoms with Crippen molar-refractivity contribution in [2.24, 2.45) is 0 Å². The molecule has 1 amide bonds. The van der Waals surface area contributed by atoms with Crippen molar-refractivity contribution in [3.05, 3.63) is 51.5 Å². The fourth-order valence-corrected chi connectivity index (χ4v) is 2.33. The summed E-state index contributed by atoms with van der Waals surface area (Å²) in [6.07, 6.45) is 0. The van der Waals surface area contributed by atoms with Crippen LogP contribution in [0, 0.1) is 0 Å². The normalized spacial score (nSPS) is 10.2. The summed E-state index contributed by atoms with van der Waals surface area (Å²) in [5.41, 5.74) is 0.611. The summed E-state index contributed by atoms with van der Waals surface area (Å²) in [6, 6.07) is 9.55. The number of rotatable bonds is 3.